The summed E-state index contributed by atoms with van der Waals surface area (Å²) in [6.45, 7) is 1.26. The molecular formula is C17H15N5O3. The lowest BCUT2D eigenvalue weighted by Crippen LogP contribution is -2.18. The van der Waals surface area contributed by atoms with E-state index in [4.69, 9.17) is 4.74 Å². The van der Waals surface area contributed by atoms with Gasteiger partial charge in [-0.05, 0) is 29.5 Å². The van der Waals surface area contributed by atoms with Crippen LogP contribution < -0.4 is 10.1 Å². The molecule has 0 spiro atoms. The number of carbonyl (C=O) groups is 2. The lowest BCUT2D eigenvalue weighted by Gasteiger charge is -2.05. The number of carbonyl (C=O) groups excluding carboxylic acids is 2. The van der Waals surface area contributed by atoms with Crippen molar-refractivity contribution in [3.05, 3.63) is 54.6 Å². The number of esters is 1. The zero-order valence-electron chi connectivity index (χ0n) is 13.4. The Kier molecular flexibility index (Phi) is 4.79. The molecule has 0 atom stereocenters. The number of benzene rings is 2. The molecule has 0 bridgehead atoms. The molecule has 0 aliphatic heterocycles. The van der Waals surface area contributed by atoms with Crippen molar-refractivity contribution in [3.63, 3.8) is 0 Å². The minimum absolute atomic E-state index is 0.159. The number of nitrogens with zero attached hydrogens (tertiary/aromatic N) is 4. The lowest BCUT2D eigenvalue weighted by atomic mass is 10.2. The average molecular weight is 337 g/mol. The highest BCUT2D eigenvalue weighted by molar-refractivity contribution is 5.88. The molecule has 3 rings (SSSR count). The van der Waals surface area contributed by atoms with Crippen LogP contribution in [0.25, 0.3) is 11.4 Å². The van der Waals surface area contributed by atoms with Crippen molar-refractivity contribution < 1.29 is 14.3 Å². The van der Waals surface area contributed by atoms with Crippen LogP contribution in [0.4, 0.5) is 5.69 Å². The molecule has 3 aromatic rings. The predicted molar refractivity (Wildman–Crippen MR) is 89.6 cm³/mol. The molecule has 0 saturated carbocycles. The maximum atomic E-state index is 12.0. The largest absolute Gasteiger partial charge is 0.425 e. The van der Waals surface area contributed by atoms with E-state index in [0.29, 0.717) is 17.3 Å². The molecule has 0 radical (unpaired) electrons. The molecule has 2 aromatic carbocycles. The van der Waals surface area contributed by atoms with Crippen LogP contribution in [-0.4, -0.2) is 32.1 Å². The van der Waals surface area contributed by atoms with Crippen LogP contribution in [0.2, 0.25) is 0 Å². The second kappa shape index (κ2) is 7.35. The average Bonchev–Trinajstić information content (AvgIpc) is 3.05. The minimum Gasteiger partial charge on any atom is -0.425 e. The third-order valence-electron chi connectivity index (χ3n) is 3.16. The number of rotatable bonds is 5. The van der Waals surface area contributed by atoms with E-state index in [1.807, 2.05) is 30.3 Å². The summed E-state index contributed by atoms with van der Waals surface area (Å²) in [5, 5.41) is 14.6. The maximum Gasteiger partial charge on any atom is 0.335 e. The Balaban J connectivity index is 1.59. The summed E-state index contributed by atoms with van der Waals surface area (Å²) in [4.78, 5) is 24.1. The highest BCUT2D eigenvalue weighted by Gasteiger charge is 2.11. The van der Waals surface area contributed by atoms with Gasteiger partial charge in [-0.25, -0.2) is 4.79 Å². The first-order valence-corrected chi connectivity index (χ1v) is 7.52. The Morgan fingerprint density at radius 2 is 1.80 bits per heavy atom. The van der Waals surface area contributed by atoms with Crippen molar-refractivity contribution in [2.24, 2.45) is 0 Å². The zero-order valence-corrected chi connectivity index (χ0v) is 13.4. The SMILES string of the molecule is CC(=O)Nc1ccc(OC(=O)Cn2nnc(-c3ccccc3)n2)cc1. The molecular weight excluding hydrogens is 322 g/mol. The lowest BCUT2D eigenvalue weighted by molar-refractivity contribution is -0.135. The van der Waals surface area contributed by atoms with Crippen LogP contribution in [0, 0.1) is 0 Å². The van der Waals surface area contributed by atoms with Gasteiger partial charge in [0, 0.05) is 18.2 Å². The van der Waals surface area contributed by atoms with Gasteiger partial charge in [0.05, 0.1) is 0 Å². The number of amides is 1. The summed E-state index contributed by atoms with van der Waals surface area (Å²) in [5.74, 6) is 0.107. The Labute approximate surface area is 143 Å². The van der Waals surface area contributed by atoms with Gasteiger partial charge in [-0.1, -0.05) is 30.3 Å². The molecule has 0 aliphatic rings. The Hall–Kier alpha value is -3.55. The molecule has 8 heteroatoms. The van der Waals surface area contributed by atoms with Gasteiger partial charge in [0.15, 0.2) is 6.54 Å². The molecule has 25 heavy (non-hydrogen) atoms. The van der Waals surface area contributed by atoms with Crippen molar-refractivity contribution >= 4 is 17.6 Å². The van der Waals surface area contributed by atoms with Crippen molar-refractivity contribution in [1.82, 2.24) is 20.2 Å². The number of anilines is 1. The van der Waals surface area contributed by atoms with Crippen LogP contribution in [0.1, 0.15) is 6.92 Å². The van der Waals surface area contributed by atoms with Crippen molar-refractivity contribution in [2.45, 2.75) is 13.5 Å². The topological polar surface area (TPSA) is 99.0 Å². The molecule has 1 amide bonds. The Bertz CT molecular complexity index is 875. The van der Waals surface area contributed by atoms with Gasteiger partial charge < -0.3 is 10.1 Å². The third-order valence-corrected chi connectivity index (χ3v) is 3.16. The fraction of sp³-hybridized carbons (Fsp3) is 0.118. The van der Waals surface area contributed by atoms with E-state index in [1.54, 1.807) is 24.3 Å². The quantitative estimate of drug-likeness (QED) is 0.564. The Morgan fingerprint density at radius 3 is 2.48 bits per heavy atom. The van der Waals surface area contributed by atoms with E-state index < -0.39 is 5.97 Å². The Morgan fingerprint density at radius 1 is 1.08 bits per heavy atom. The van der Waals surface area contributed by atoms with Crippen LogP contribution in [0.3, 0.4) is 0 Å². The van der Waals surface area contributed by atoms with E-state index in [0.717, 1.165) is 5.56 Å². The first kappa shape index (κ1) is 16.3. The number of tetrazole rings is 1. The molecule has 0 saturated heterocycles. The van der Waals surface area contributed by atoms with Gasteiger partial charge in [-0.2, -0.15) is 4.80 Å². The molecule has 0 unspecified atom stereocenters. The maximum absolute atomic E-state index is 12.0. The zero-order chi connectivity index (χ0) is 17.6. The number of nitrogens with one attached hydrogen (secondary N) is 1. The summed E-state index contributed by atoms with van der Waals surface area (Å²) in [7, 11) is 0. The van der Waals surface area contributed by atoms with Gasteiger partial charge in [0.25, 0.3) is 0 Å². The number of aromatic nitrogens is 4. The van der Waals surface area contributed by atoms with Gasteiger partial charge in [-0.15, -0.1) is 10.2 Å². The van der Waals surface area contributed by atoms with E-state index in [-0.39, 0.29) is 12.5 Å². The van der Waals surface area contributed by atoms with E-state index >= 15 is 0 Å². The third kappa shape index (κ3) is 4.47. The second-order valence-corrected chi connectivity index (χ2v) is 5.19. The van der Waals surface area contributed by atoms with Gasteiger partial charge in [0.2, 0.25) is 11.7 Å². The fourth-order valence-corrected chi connectivity index (χ4v) is 2.10. The second-order valence-electron chi connectivity index (χ2n) is 5.19. The van der Waals surface area contributed by atoms with Gasteiger partial charge >= 0.3 is 5.97 Å². The van der Waals surface area contributed by atoms with Crippen LogP contribution >= 0.6 is 0 Å². The number of hydrogen-bond donors (Lipinski definition) is 1. The molecule has 8 nitrogen and oxygen atoms in total. The van der Waals surface area contributed by atoms with Gasteiger partial charge in [-0.3, -0.25) is 4.79 Å². The fourth-order valence-electron chi connectivity index (χ4n) is 2.10. The predicted octanol–water partition coefficient (Wildman–Crippen LogP) is 1.90. The normalized spacial score (nSPS) is 10.3. The summed E-state index contributed by atoms with van der Waals surface area (Å²) >= 11 is 0. The van der Waals surface area contributed by atoms with Crippen molar-refractivity contribution in [1.29, 1.82) is 0 Å². The molecule has 1 aromatic heterocycles. The van der Waals surface area contributed by atoms with Crippen LogP contribution in [-0.2, 0) is 16.1 Å². The van der Waals surface area contributed by atoms with E-state index in [2.05, 4.69) is 20.7 Å². The van der Waals surface area contributed by atoms with E-state index in [9.17, 15) is 9.59 Å². The van der Waals surface area contributed by atoms with E-state index in [1.165, 1.54) is 11.7 Å². The molecule has 0 aliphatic carbocycles. The first-order chi connectivity index (χ1) is 12.1. The van der Waals surface area contributed by atoms with Gasteiger partial charge in [0.1, 0.15) is 5.75 Å². The highest BCUT2D eigenvalue weighted by Crippen LogP contribution is 2.16. The summed E-state index contributed by atoms with van der Waals surface area (Å²) in [5.41, 5.74) is 1.44. The summed E-state index contributed by atoms with van der Waals surface area (Å²) < 4.78 is 5.21. The van der Waals surface area contributed by atoms with Crippen molar-refractivity contribution in [3.8, 4) is 17.1 Å². The number of ether oxygens (including phenoxy) is 1. The van der Waals surface area contributed by atoms with Crippen LogP contribution in [0.5, 0.6) is 5.75 Å². The molecule has 126 valence electrons. The minimum atomic E-state index is -0.524. The summed E-state index contributed by atoms with van der Waals surface area (Å²) in [6, 6.07) is 15.8. The van der Waals surface area contributed by atoms with Crippen LogP contribution in [0.15, 0.2) is 54.6 Å². The number of hydrogen-bond acceptors (Lipinski definition) is 6. The smallest absolute Gasteiger partial charge is 0.335 e. The molecule has 1 heterocycles. The standard InChI is InChI=1S/C17H15N5O3/c1-12(23)18-14-7-9-15(10-8-14)25-16(24)11-22-20-17(19-21-22)13-5-3-2-4-6-13/h2-10H,11H2,1H3,(H,18,23). The summed E-state index contributed by atoms with van der Waals surface area (Å²) in [6.07, 6.45) is 0. The first-order valence-electron chi connectivity index (χ1n) is 7.52. The molecule has 1 N–H and O–H groups in total. The van der Waals surface area contributed by atoms with Crippen molar-refractivity contribution in [2.75, 3.05) is 5.32 Å². The monoisotopic (exact) mass is 337 g/mol. The molecule has 0 fully saturated rings. The highest BCUT2D eigenvalue weighted by atomic mass is 16.5.